The smallest absolute Gasteiger partial charge is 0.338 e. The first-order valence-electron chi connectivity index (χ1n) is 11.8. The number of nitrogens with zero attached hydrogens (tertiary/aromatic N) is 3. The number of allylic oxidation sites excluding steroid dienone is 1. The van der Waals surface area contributed by atoms with Crippen molar-refractivity contribution in [3.8, 4) is 11.5 Å². The highest BCUT2D eigenvalue weighted by Crippen LogP contribution is 2.43. The van der Waals surface area contributed by atoms with Crippen LogP contribution < -0.4 is 14.8 Å². The van der Waals surface area contributed by atoms with Gasteiger partial charge in [-0.05, 0) is 64.7 Å². The summed E-state index contributed by atoms with van der Waals surface area (Å²) in [4.78, 5) is 17.6. The summed E-state index contributed by atoms with van der Waals surface area (Å²) in [6, 6.07) is 10.6. The molecule has 0 aliphatic carbocycles. The van der Waals surface area contributed by atoms with Crippen LogP contribution in [0.3, 0.4) is 0 Å². The number of carbonyl (C=O) groups is 1. The number of aromatic nitrogens is 3. The van der Waals surface area contributed by atoms with Gasteiger partial charge in [0.15, 0.2) is 11.5 Å². The lowest BCUT2D eigenvalue weighted by Crippen LogP contribution is -2.29. The zero-order chi connectivity index (χ0) is 26.5. The zero-order valence-electron chi connectivity index (χ0n) is 21.0. The molecule has 0 fully saturated rings. The van der Waals surface area contributed by atoms with Gasteiger partial charge >= 0.3 is 5.97 Å². The van der Waals surface area contributed by atoms with Crippen molar-refractivity contribution in [2.45, 2.75) is 44.5 Å². The lowest BCUT2D eigenvalue weighted by atomic mass is 9.95. The Morgan fingerprint density at radius 1 is 1.24 bits per heavy atom. The van der Waals surface area contributed by atoms with Crippen LogP contribution >= 0.6 is 39.3 Å². The van der Waals surface area contributed by atoms with Crippen molar-refractivity contribution >= 4 is 51.2 Å². The van der Waals surface area contributed by atoms with E-state index in [0.717, 1.165) is 29.7 Å². The first-order chi connectivity index (χ1) is 17.9. The van der Waals surface area contributed by atoms with E-state index >= 15 is 0 Å². The van der Waals surface area contributed by atoms with Crippen molar-refractivity contribution in [3.63, 3.8) is 0 Å². The number of hydrogen-bond acceptors (Lipinski definition) is 8. The number of nitrogens with one attached hydrogen (secondary N) is 1. The fraction of sp³-hybridized carbons (Fsp3) is 0.346. The van der Waals surface area contributed by atoms with Crippen LogP contribution in [0.2, 0.25) is 5.02 Å². The van der Waals surface area contributed by atoms with Crippen molar-refractivity contribution in [3.05, 3.63) is 68.3 Å². The molecule has 11 heteroatoms. The maximum absolute atomic E-state index is 12.9. The molecule has 2 heterocycles. The molecule has 1 aliphatic rings. The molecule has 0 amide bonds. The Labute approximate surface area is 233 Å². The van der Waals surface area contributed by atoms with E-state index in [1.54, 1.807) is 23.6 Å². The number of benzene rings is 2. The second-order valence-corrected chi connectivity index (χ2v) is 10.7. The Hall–Kier alpha value is -2.69. The highest BCUT2D eigenvalue weighted by Gasteiger charge is 2.36. The number of thioether (sulfide) groups is 1. The minimum atomic E-state index is -0.577. The normalized spacial score (nSPS) is 14.7. The molecule has 1 N–H and O–H groups in total. The number of methoxy groups -OCH3 is 2. The summed E-state index contributed by atoms with van der Waals surface area (Å²) in [7, 11) is 2.95. The summed E-state index contributed by atoms with van der Waals surface area (Å²) in [6.07, 6.45) is 2.16. The SMILES string of the molecule is CCCCSc1nc2n(n1)C(c1cc(Br)c(OCc3ccc(Cl)cc3)c(OC)c1)C(C(=O)OC)=C(C)N2. The quantitative estimate of drug-likeness (QED) is 0.156. The summed E-state index contributed by atoms with van der Waals surface area (Å²) in [5, 5.41) is 9.26. The molecule has 4 rings (SSSR count). The van der Waals surface area contributed by atoms with E-state index in [2.05, 4.69) is 33.2 Å². The molecule has 1 atom stereocenters. The van der Waals surface area contributed by atoms with Gasteiger partial charge in [0, 0.05) is 16.5 Å². The molecule has 1 aromatic heterocycles. The third-order valence-corrected chi connectivity index (χ3v) is 7.60. The third-order valence-electron chi connectivity index (χ3n) is 5.83. The minimum absolute atomic E-state index is 0.330. The van der Waals surface area contributed by atoms with Crippen LogP contribution in [0.15, 0.2) is 57.3 Å². The molecule has 0 bridgehead atoms. The summed E-state index contributed by atoms with van der Waals surface area (Å²) >= 11 is 11.2. The van der Waals surface area contributed by atoms with Crippen molar-refractivity contribution < 1.29 is 19.0 Å². The zero-order valence-corrected chi connectivity index (χ0v) is 24.2. The fourth-order valence-electron chi connectivity index (χ4n) is 3.96. The van der Waals surface area contributed by atoms with Gasteiger partial charge in [0.05, 0.1) is 24.3 Å². The molecule has 0 radical (unpaired) electrons. The average Bonchev–Trinajstić information content (AvgIpc) is 3.29. The van der Waals surface area contributed by atoms with Gasteiger partial charge < -0.3 is 19.5 Å². The predicted octanol–water partition coefficient (Wildman–Crippen LogP) is 6.64. The monoisotopic (exact) mass is 606 g/mol. The standard InChI is InChI=1S/C26H28BrClN4O4S/c1-5-6-11-37-26-30-25-29-15(2)21(24(33)35-4)22(32(25)31-26)17-12-19(27)23(20(13-17)34-3)36-14-16-7-9-18(28)10-8-16/h7-10,12-13,22H,5-6,11,14H2,1-4H3,(H,29,30,31). The van der Waals surface area contributed by atoms with Crippen LogP contribution in [0.1, 0.15) is 43.9 Å². The molecule has 0 spiro atoms. The summed E-state index contributed by atoms with van der Waals surface area (Å²) < 4.78 is 19.3. The number of hydrogen-bond donors (Lipinski definition) is 1. The van der Waals surface area contributed by atoms with Gasteiger partial charge in [-0.15, -0.1) is 5.10 Å². The van der Waals surface area contributed by atoms with Crippen molar-refractivity contribution in [1.82, 2.24) is 14.8 Å². The van der Waals surface area contributed by atoms with Crippen LogP contribution in [0, 0.1) is 0 Å². The number of unbranched alkanes of at least 4 members (excludes halogenated alkanes) is 1. The van der Waals surface area contributed by atoms with Gasteiger partial charge in [-0.1, -0.05) is 48.8 Å². The van der Waals surface area contributed by atoms with Crippen LogP contribution in [0.25, 0.3) is 0 Å². The number of halogens is 2. The van der Waals surface area contributed by atoms with Crippen molar-refractivity contribution in [2.75, 3.05) is 25.3 Å². The second kappa shape index (κ2) is 12.2. The summed E-state index contributed by atoms with van der Waals surface area (Å²) in [6.45, 7) is 4.31. The largest absolute Gasteiger partial charge is 0.493 e. The first kappa shape index (κ1) is 27.3. The fourth-order valence-corrected chi connectivity index (χ4v) is 5.57. The number of anilines is 1. The molecule has 1 aliphatic heterocycles. The van der Waals surface area contributed by atoms with Gasteiger partial charge in [-0.3, -0.25) is 0 Å². The molecule has 3 aromatic rings. The van der Waals surface area contributed by atoms with Crippen LogP contribution in [-0.2, 0) is 16.1 Å². The van der Waals surface area contributed by atoms with E-state index in [1.165, 1.54) is 7.11 Å². The lowest BCUT2D eigenvalue weighted by molar-refractivity contribution is -0.136. The highest BCUT2D eigenvalue weighted by molar-refractivity contribution is 9.10. The molecule has 0 saturated carbocycles. The van der Waals surface area contributed by atoms with E-state index in [-0.39, 0.29) is 0 Å². The Morgan fingerprint density at radius 3 is 2.68 bits per heavy atom. The van der Waals surface area contributed by atoms with Crippen molar-refractivity contribution in [1.29, 1.82) is 0 Å². The Kier molecular flexibility index (Phi) is 9.04. The molecular formula is C26H28BrClN4O4S. The average molecular weight is 608 g/mol. The van der Waals surface area contributed by atoms with Gasteiger partial charge in [0.25, 0.3) is 0 Å². The van der Waals surface area contributed by atoms with Gasteiger partial charge in [0.2, 0.25) is 11.1 Å². The Bertz CT molecular complexity index is 1310. The van der Waals surface area contributed by atoms with E-state index in [4.69, 9.17) is 30.9 Å². The van der Waals surface area contributed by atoms with Crippen LogP contribution in [-0.4, -0.2) is 40.7 Å². The van der Waals surface area contributed by atoms with Gasteiger partial charge in [-0.25, -0.2) is 9.48 Å². The van der Waals surface area contributed by atoms with Crippen molar-refractivity contribution in [2.24, 2.45) is 0 Å². The van der Waals surface area contributed by atoms with E-state index in [0.29, 0.717) is 50.0 Å². The number of rotatable bonds is 10. The first-order valence-corrected chi connectivity index (χ1v) is 13.9. The molecule has 8 nitrogen and oxygen atoms in total. The number of ether oxygens (including phenoxy) is 3. The molecule has 2 aromatic carbocycles. The minimum Gasteiger partial charge on any atom is -0.493 e. The number of fused-ring (bicyclic) bond motifs is 1. The van der Waals surface area contributed by atoms with Gasteiger partial charge in [-0.2, -0.15) is 4.98 Å². The molecule has 1 unspecified atom stereocenters. The van der Waals surface area contributed by atoms with Crippen LogP contribution in [0.4, 0.5) is 5.95 Å². The lowest BCUT2D eigenvalue weighted by Gasteiger charge is -2.28. The van der Waals surface area contributed by atoms with Gasteiger partial charge in [0.1, 0.15) is 12.6 Å². The maximum Gasteiger partial charge on any atom is 0.338 e. The number of esters is 1. The second-order valence-electron chi connectivity index (χ2n) is 8.37. The Morgan fingerprint density at radius 2 is 2.00 bits per heavy atom. The van der Waals surface area contributed by atoms with Crippen LogP contribution in [0.5, 0.6) is 11.5 Å². The number of carbonyl (C=O) groups excluding carboxylic acids is 1. The molecule has 0 saturated heterocycles. The molecular weight excluding hydrogens is 580 g/mol. The Balaban J connectivity index is 1.72. The highest BCUT2D eigenvalue weighted by atomic mass is 79.9. The van der Waals surface area contributed by atoms with E-state index in [1.807, 2.05) is 43.3 Å². The summed E-state index contributed by atoms with van der Waals surface area (Å²) in [5.41, 5.74) is 2.82. The third kappa shape index (κ3) is 6.08. The topological polar surface area (TPSA) is 87.5 Å². The summed E-state index contributed by atoms with van der Waals surface area (Å²) in [5.74, 6) is 2.09. The van der Waals surface area contributed by atoms with E-state index < -0.39 is 12.0 Å². The molecule has 196 valence electrons. The molecule has 37 heavy (non-hydrogen) atoms. The predicted molar refractivity (Wildman–Crippen MR) is 149 cm³/mol. The maximum atomic E-state index is 12.9. The van der Waals surface area contributed by atoms with E-state index in [9.17, 15) is 4.79 Å².